The fourth-order valence-electron chi connectivity index (χ4n) is 6.27. The first-order valence-electron chi connectivity index (χ1n) is 19.2. The lowest BCUT2D eigenvalue weighted by Crippen LogP contribution is -2.65. The molecule has 2 rings (SSSR count). The van der Waals surface area contributed by atoms with Gasteiger partial charge in [-0.1, -0.05) is 77.6 Å². The Balaban J connectivity index is 1.81. The van der Waals surface area contributed by atoms with E-state index >= 15 is 0 Å². The molecule has 0 bridgehead atoms. The Morgan fingerprint density at radius 2 is 1.17 bits per heavy atom. The second kappa shape index (κ2) is 26.0. The van der Waals surface area contributed by atoms with Crippen molar-refractivity contribution in [3.63, 3.8) is 0 Å². The molecule has 0 amide bonds. The average molecular weight is 785 g/mol. The number of carbonyl (C=O) groups is 3. The van der Waals surface area contributed by atoms with Crippen molar-refractivity contribution in [2.24, 2.45) is 0 Å². The number of unbranched alkanes of at least 4 members (excludes halogenated alkanes) is 9. The molecule has 18 nitrogen and oxygen atoms in total. The monoisotopic (exact) mass is 784 g/mol. The summed E-state index contributed by atoms with van der Waals surface area (Å²) < 4.78 is 32.9. The van der Waals surface area contributed by atoms with Gasteiger partial charge in [-0.05, 0) is 19.3 Å². The number of hydrogen-bond donors (Lipinski definition) is 9. The number of rotatable bonds is 27. The van der Waals surface area contributed by atoms with Gasteiger partial charge in [-0.3, -0.25) is 9.59 Å². The highest BCUT2D eigenvalue weighted by molar-refractivity contribution is 5.71. The van der Waals surface area contributed by atoms with E-state index in [4.69, 9.17) is 33.5 Å². The molecular formula is C36H64O18. The van der Waals surface area contributed by atoms with E-state index < -0.39 is 111 Å². The number of carboxylic acid groups (broad SMARTS) is 1. The van der Waals surface area contributed by atoms with Crippen LogP contribution >= 0.6 is 0 Å². The molecule has 0 saturated carbocycles. The zero-order valence-electron chi connectivity index (χ0n) is 31.4. The number of aliphatic hydroxyl groups excluding tert-OH is 8. The first-order chi connectivity index (χ1) is 25.7. The largest absolute Gasteiger partial charge is 0.479 e. The molecule has 0 aromatic heterocycles. The summed E-state index contributed by atoms with van der Waals surface area (Å²) >= 11 is 0. The lowest BCUT2D eigenvalue weighted by Gasteiger charge is -2.46. The predicted molar refractivity (Wildman–Crippen MR) is 186 cm³/mol. The Kier molecular flexibility index (Phi) is 23.1. The maximum absolute atomic E-state index is 12.1. The van der Waals surface area contributed by atoms with Crippen LogP contribution in [0, 0.1) is 0 Å². The molecule has 0 radical (unpaired) electrons. The zero-order valence-corrected chi connectivity index (χ0v) is 31.4. The van der Waals surface area contributed by atoms with Gasteiger partial charge in [-0.25, -0.2) is 4.79 Å². The van der Waals surface area contributed by atoms with E-state index in [0.717, 1.165) is 64.7 Å². The second-order valence-corrected chi connectivity index (χ2v) is 14.2. The fourth-order valence-corrected chi connectivity index (χ4v) is 6.27. The highest BCUT2D eigenvalue weighted by Crippen LogP contribution is 2.30. The van der Waals surface area contributed by atoms with Gasteiger partial charge in [0.2, 0.25) is 0 Å². The molecule has 0 spiro atoms. The summed E-state index contributed by atoms with van der Waals surface area (Å²) in [5.74, 6) is -2.67. The van der Waals surface area contributed by atoms with Gasteiger partial charge in [-0.15, -0.1) is 0 Å². The number of aliphatic hydroxyl groups is 8. The number of carboxylic acids is 1. The molecule has 2 heterocycles. The summed E-state index contributed by atoms with van der Waals surface area (Å²) in [6.07, 6.45) is -8.72. The van der Waals surface area contributed by atoms with Crippen LogP contribution in [0.3, 0.4) is 0 Å². The van der Waals surface area contributed by atoms with Gasteiger partial charge in [0.05, 0.1) is 25.2 Å². The molecule has 2 aliphatic heterocycles. The van der Waals surface area contributed by atoms with Crippen LogP contribution in [0.5, 0.6) is 0 Å². The quantitative estimate of drug-likeness (QED) is 0.0385. The summed E-state index contributed by atoms with van der Waals surface area (Å²) in [5, 5.41) is 91.8. The lowest BCUT2D eigenvalue weighted by molar-refractivity contribution is -0.360. The van der Waals surface area contributed by atoms with Gasteiger partial charge in [0, 0.05) is 6.92 Å². The van der Waals surface area contributed by atoms with Crippen molar-refractivity contribution in [3.05, 3.63) is 0 Å². The van der Waals surface area contributed by atoms with E-state index in [1.165, 1.54) is 0 Å². The van der Waals surface area contributed by atoms with Crippen molar-refractivity contribution < 1.29 is 88.8 Å². The predicted octanol–water partition coefficient (Wildman–Crippen LogP) is -0.212. The van der Waals surface area contributed by atoms with Gasteiger partial charge in [0.15, 0.2) is 18.7 Å². The molecule has 0 aromatic carbocycles. The molecule has 316 valence electrons. The van der Waals surface area contributed by atoms with Crippen LogP contribution in [-0.4, -0.2) is 163 Å². The summed E-state index contributed by atoms with van der Waals surface area (Å²) in [6, 6.07) is 0. The van der Waals surface area contributed by atoms with Crippen LogP contribution in [0.15, 0.2) is 0 Å². The molecular weight excluding hydrogens is 720 g/mol. The lowest BCUT2D eigenvalue weighted by atomic mass is 9.97. The molecule has 54 heavy (non-hydrogen) atoms. The zero-order chi connectivity index (χ0) is 40.2. The Morgan fingerprint density at radius 3 is 1.74 bits per heavy atom. The Hall–Kier alpha value is -2.07. The minimum absolute atomic E-state index is 0.242. The maximum Gasteiger partial charge on any atom is 0.332 e. The first-order valence-corrected chi connectivity index (χ1v) is 19.2. The van der Waals surface area contributed by atoms with Gasteiger partial charge in [0.1, 0.15) is 62.0 Å². The van der Waals surface area contributed by atoms with Crippen LogP contribution < -0.4 is 0 Å². The van der Waals surface area contributed by atoms with Gasteiger partial charge < -0.3 is 74.4 Å². The summed E-state index contributed by atoms with van der Waals surface area (Å²) in [5.41, 5.74) is 0. The van der Waals surface area contributed by atoms with E-state index in [-0.39, 0.29) is 19.4 Å². The normalized spacial score (nSPS) is 30.3. The van der Waals surface area contributed by atoms with Crippen molar-refractivity contribution in [1.29, 1.82) is 0 Å². The van der Waals surface area contributed by atoms with Crippen molar-refractivity contribution in [2.75, 3.05) is 19.8 Å². The van der Waals surface area contributed by atoms with Gasteiger partial charge >= 0.3 is 17.9 Å². The number of ether oxygens (including phenoxy) is 6. The summed E-state index contributed by atoms with van der Waals surface area (Å²) in [4.78, 5) is 34.4. The van der Waals surface area contributed by atoms with Crippen molar-refractivity contribution in [2.45, 2.75) is 190 Å². The Labute approximate surface area is 316 Å². The third kappa shape index (κ3) is 17.4. The number of esters is 2. The average Bonchev–Trinajstić information content (AvgIpc) is 3.12. The van der Waals surface area contributed by atoms with Crippen LogP contribution in [0.1, 0.15) is 110 Å². The minimum Gasteiger partial charge on any atom is -0.479 e. The summed E-state index contributed by atoms with van der Waals surface area (Å²) in [7, 11) is 0. The van der Waals surface area contributed by atoms with Gasteiger partial charge in [0.25, 0.3) is 0 Å². The number of hydrogen-bond acceptors (Lipinski definition) is 17. The van der Waals surface area contributed by atoms with E-state index in [1.807, 2.05) is 6.92 Å². The SMILES string of the molecule is CCC[C@H](O)CC(=O)OC[C@H]1O[C@@H](O[C@H]2[C@H](O)[C@@H](O)[C@H](OC[C@H](O)CCCCCCCCCCCC[C@@H](O)C(=O)O)O[C@@H]2COC(C)=O)[C@H](O)[C@@H](O)[C@@H]1O. The van der Waals surface area contributed by atoms with Crippen molar-refractivity contribution >= 4 is 17.9 Å². The number of carbonyl (C=O) groups excluding carboxylic acids is 2. The summed E-state index contributed by atoms with van der Waals surface area (Å²) in [6.45, 7) is 1.67. The maximum atomic E-state index is 12.1. The van der Waals surface area contributed by atoms with Gasteiger partial charge in [-0.2, -0.15) is 0 Å². The van der Waals surface area contributed by atoms with Crippen molar-refractivity contribution in [1.82, 2.24) is 0 Å². The number of aliphatic carboxylic acids is 1. The minimum atomic E-state index is -1.87. The second-order valence-electron chi connectivity index (χ2n) is 14.2. The molecule has 2 saturated heterocycles. The molecule has 0 aliphatic carbocycles. The Morgan fingerprint density at radius 1 is 0.630 bits per heavy atom. The molecule has 9 N–H and O–H groups in total. The third-order valence-corrected chi connectivity index (χ3v) is 9.49. The van der Waals surface area contributed by atoms with Crippen LogP contribution in [-0.2, 0) is 42.8 Å². The smallest absolute Gasteiger partial charge is 0.332 e. The first kappa shape index (κ1) is 48.1. The molecule has 0 unspecified atom stereocenters. The van der Waals surface area contributed by atoms with Crippen LogP contribution in [0.4, 0.5) is 0 Å². The third-order valence-electron chi connectivity index (χ3n) is 9.49. The van der Waals surface area contributed by atoms with E-state index in [2.05, 4.69) is 0 Å². The topological polar surface area (TPSA) is 289 Å². The van der Waals surface area contributed by atoms with E-state index in [0.29, 0.717) is 25.7 Å². The molecule has 2 fully saturated rings. The van der Waals surface area contributed by atoms with E-state index in [9.17, 15) is 55.2 Å². The van der Waals surface area contributed by atoms with E-state index in [1.54, 1.807) is 0 Å². The molecule has 13 atom stereocenters. The molecule has 0 aromatic rings. The van der Waals surface area contributed by atoms with Crippen LogP contribution in [0.2, 0.25) is 0 Å². The van der Waals surface area contributed by atoms with Crippen LogP contribution in [0.25, 0.3) is 0 Å². The molecule has 2 aliphatic rings. The fraction of sp³-hybridized carbons (Fsp3) is 0.917. The Bertz CT molecular complexity index is 1060. The van der Waals surface area contributed by atoms with Crippen molar-refractivity contribution in [3.8, 4) is 0 Å². The molecule has 18 heteroatoms. The standard InChI is InChI=1S/C36H64O18/c1-3-14-22(38)17-27(41)50-19-25-28(42)29(43)31(45)36(52-25)54-33-26(20-49-21(2)37)53-35(32(46)30(33)44)51-18-23(39)15-12-10-8-6-4-5-7-9-11-13-16-24(40)34(47)48/h22-26,28-33,35-36,38-40,42-46H,3-20H2,1-2H3,(H,47,48)/t22-,23+,24+,25+,26+,28+,29-,30+,31+,32+,33+,35+,36-/m0/s1. The highest BCUT2D eigenvalue weighted by Gasteiger charge is 2.51. The highest BCUT2D eigenvalue weighted by atomic mass is 16.7.